The van der Waals surface area contributed by atoms with E-state index in [0.29, 0.717) is 16.9 Å². The summed E-state index contributed by atoms with van der Waals surface area (Å²) in [5.74, 6) is 0. The number of fused-ring (bicyclic) bond motifs is 6. The second-order valence-corrected chi connectivity index (χ2v) is 10.4. The van der Waals surface area contributed by atoms with Gasteiger partial charge in [0.2, 0.25) is 5.69 Å². The molecule has 0 saturated carbocycles. The molecule has 0 saturated heterocycles. The third-order valence-electron chi connectivity index (χ3n) is 8.17. The van der Waals surface area contributed by atoms with Crippen molar-refractivity contribution in [2.45, 2.75) is 0 Å². The number of rotatable bonds is 3. The SMILES string of the molecule is [C-]#[N+]c1cccc(C#N)c1-n1c2ccccc2c2cc(-c3ccc4c(c3)c3ccccc3n4-c3ccccc3)ccc21. The van der Waals surface area contributed by atoms with Crippen LogP contribution < -0.4 is 0 Å². The highest BCUT2D eigenvalue weighted by Crippen LogP contribution is 2.40. The molecular formula is C38H22N4. The third kappa shape index (κ3) is 3.40. The molecule has 0 radical (unpaired) electrons. The second-order valence-electron chi connectivity index (χ2n) is 10.4. The first-order valence-corrected chi connectivity index (χ1v) is 13.8. The molecule has 4 heteroatoms. The Hall–Kier alpha value is -6.10. The molecule has 8 rings (SSSR count). The van der Waals surface area contributed by atoms with Crippen LogP contribution in [0.4, 0.5) is 5.69 Å². The average molecular weight is 535 g/mol. The minimum Gasteiger partial charge on any atom is -0.318 e. The molecule has 0 unspecified atom stereocenters. The Labute approximate surface area is 242 Å². The van der Waals surface area contributed by atoms with E-state index in [1.54, 1.807) is 18.2 Å². The van der Waals surface area contributed by atoms with Gasteiger partial charge >= 0.3 is 0 Å². The summed E-state index contributed by atoms with van der Waals surface area (Å²) in [6.07, 6.45) is 0. The van der Waals surface area contributed by atoms with Gasteiger partial charge in [-0.2, -0.15) is 5.26 Å². The Morgan fingerprint density at radius 1 is 0.524 bits per heavy atom. The van der Waals surface area contributed by atoms with Gasteiger partial charge < -0.3 is 9.13 Å². The molecule has 0 aliphatic carbocycles. The minimum absolute atomic E-state index is 0.459. The fourth-order valence-corrected chi connectivity index (χ4v) is 6.35. The first-order chi connectivity index (χ1) is 20.8. The molecule has 194 valence electrons. The zero-order chi connectivity index (χ0) is 28.2. The summed E-state index contributed by atoms with van der Waals surface area (Å²) in [5, 5.41) is 14.5. The minimum atomic E-state index is 0.459. The summed E-state index contributed by atoms with van der Waals surface area (Å²) in [6, 6.07) is 48.1. The van der Waals surface area contributed by atoms with E-state index in [0.717, 1.165) is 38.6 Å². The van der Waals surface area contributed by atoms with E-state index < -0.39 is 0 Å². The van der Waals surface area contributed by atoms with Crippen LogP contribution in [0.25, 0.3) is 71.0 Å². The molecule has 0 amide bonds. The van der Waals surface area contributed by atoms with Crippen molar-refractivity contribution in [1.29, 1.82) is 5.26 Å². The van der Waals surface area contributed by atoms with Crippen LogP contribution in [0.2, 0.25) is 0 Å². The monoisotopic (exact) mass is 534 g/mol. The number of nitriles is 1. The van der Waals surface area contributed by atoms with Gasteiger partial charge in [-0.25, -0.2) is 4.85 Å². The van der Waals surface area contributed by atoms with Gasteiger partial charge in [-0.3, -0.25) is 0 Å². The predicted octanol–water partition coefficient (Wildman–Crippen LogP) is 9.97. The van der Waals surface area contributed by atoms with Gasteiger partial charge in [0.15, 0.2) is 0 Å². The molecule has 0 bridgehead atoms. The first-order valence-electron chi connectivity index (χ1n) is 13.8. The highest BCUT2D eigenvalue weighted by Gasteiger charge is 2.19. The van der Waals surface area contributed by atoms with Gasteiger partial charge in [-0.15, -0.1) is 0 Å². The molecule has 8 aromatic rings. The molecule has 0 aliphatic heterocycles. The van der Waals surface area contributed by atoms with Crippen LogP contribution in [0.1, 0.15) is 5.56 Å². The Balaban J connectivity index is 1.38. The molecular weight excluding hydrogens is 512 g/mol. The topological polar surface area (TPSA) is 38.0 Å². The number of hydrogen-bond acceptors (Lipinski definition) is 1. The molecule has 0 atom stereocenters. The highest BCUT2D eigenvalue weighted by molar-refractivity contribution is 6.13. The lowest BCUT2D eigenvalue weighted by Gasteiger charge is -2.12. The van der Waals surface area contributed by atoms with Crippen LogP contribution in [-0.4, -0.2) is 9.13 Å². The van der Waals surface area contributed by atoms with Crippen molar-refractivity contribution < 1.29 is 0 Å². The predicted molar refractivity (Wildman–Crippen MR) is 172 cm³/mol. The van der Waals surface area contributed by atoms with Crippen molar-refractivity contribution in [1.82, 2.24) is 9.13 Å². The lowest BCUT2D eigenvalue weighted by Crippen LogP contribution is -1.97. The maximum absolute atomic E-state index is 9.94. The normalized spacial score (nSPS) is 11.3. The van der Waals surface area contributed by atoms with Gasteiger partial charge in [0, 0.05) is 27.2 Å². The number of para-hydroxylation sites is 4. The molecule has 0 N–H and O–H groups in total. The van der Waals surface area contributed by atoms with Crippen molar-refractivity contribution in [3.63, 3.8) is 0 Å². The molecule has 0 spiro atoms. The van der Waals surface area contributed by atoms with Crippen LogP contribution >= 0.6 is 0 Å². The lowest BCUT2D eigenvalue weighted by molar-refractivity contribution is 1.17. The zero-order valence-corrected chi connectivity index (χ0v) is 22.5. The summed E-state index contributed by atoms with van der Waals surface area (Å²) in [6.45, 7) is 7.80. The number of hydrogen-bond donors (Lipinski definition) is 0. The van der Waals surface area contributed by atoms with E-state index in [-0.39, 0.29) is 0 Å². The first kappa shape index (κ1) is 23.8. The van der Waals surface area contributed by atoms with E-state index in [9.17, 15) is 5.26 Å². The van der Waals surface area contributed by atoms with Gasteiger partial charge in [0.1, 0.15) is 0 Å². The maximum Gasteiger partial charge on any atom is 0.211 e. The molecule has 4 nitrogen and oxygen atoms in total. The highest BCUT2D eigenvalue weighted by atomic mass is 15.0. The Morgan fingerprint density at radius 3 is 1.69 bits per heavy atom. The van der Waals surface area contributed by atoms with E-state index in [4.69, 9.17) is 6.57 Å². The summed E-state index contributed by atoms with van der Waals surface area (Å²) < 4.78 is 4.39. The largest absolute Gasteiger partial charge is 0.318 e. The quantitative estimate of drug-likeness (QED) is 0.208. The number of nitrogens with zero attached hydrogens (tertiary/aromatic N) is 4. The van der Waals surface area contributed by atoms with Crippen LogP contribution in [0, 0.1) is 17.9 Å². The molecule has 42 heavy (non-hydrogen) atoms. The van der Waals surface area contributed by atoms with Crippen molar-refractivity contribution in [2.75, 3.05) is 0 Å². The summed E-state index contributed by atoms with van der Waals surface area (Å²) in [5.41, 5.74) is 9.25. The Kier molecular flexibility index (Phi) is 5.22. The fraction of sp³-hybridized carbons (Fsp3) is 0. The van der Waals surface area contributed by atoms with Gasteiger partial charge in [-0.05, 0) is 65.7 Å². The summed E-state index contributed by atoms with van der Waals surface area (Å²) >= 11 is 0. The maximum atomic E-state index is 9.94. The Morgan fingerprint density at radius 2 is 1.07 bits per heavy atom. The summed E-state index contributed by atoms with van der Waals surface area (Å²) in [7, 11) is 0. The van der Waals surface area contributed by atoms with Gasteiger partial charge in [0.05, 0.1) is 46.0 Å². The lowest BCUT2D eigenvalue weighted by atomic mass is 10.0. The average Bonchev–Trinajstić information content (AvgIpc) is 3.56. The van der Waals surface area contributed by atoms with Gasteiger partial charge in [0.25, 0.3) is 0 Å². The second kappa shape index (κ2) is 9.24. The molecule has 0 fully saturated rings. The standard InChI is InChI=1S/C38H22N4/c1-40-33-15-9-10-27(24-39)38(33)42-35-17-8-6-14-30(35)32-23-26(19-21-37(32)42)25-18-20-36-31(22-25)29-13-5-7-16-34(29)41(36)28-11-3-2-4-12-28/h2-23H. The van der Waals surface area contributed by atoms with E-state index in [1.807, 2.05) is 18.2 Å². The van der Waals surface area contributed by atoms with Crippen LogP contribution in [0.15, 0.2) is 133 Å². The van der Waals surface area contributed by atoms with Crippen molar-refractivity contribution in [3.8, 4) is 28.6 Å². The fourth-order valence-electron chi connectivity index (χ4n) is 6.35. The van der Waals surface area contributed by atoms with Crippen LogP contribution in [0.3, 0.4) is 0 Å². The van der Waals surface area contributed by atoms with Crippen LogP contribution in [-0.2, 0) is 0 Å². The molecule has 0 aliphatic rings. The third-order valence-corrected chi connectivity index (χ3v) is 8.17. The van der Waals surface area contributed by atoms with Crippen LogP contribution in [0.5, 0.6) is 0 Å². The van der Waals surface area contributed by atoms with E-state index in [2.05, 4.69) is 117 Å². The van der Waals surface area contributed by atoms with E-state index in [1.165, 1.54) is 21.8 Å². The molecule has 2 heterocycles. The molecule has 6 aromatic carbocycles. The van der Waals surface area contributed by atoms with Gasteiger partial charge in [-0.1, -0.05) is 78.9 Å². The smallest absolute Gasteiger partial charge is 0.211 e. The zero-order valence-electron chi connectivity index (χ0n) is 22.5. The Bertz CT molecular complexity index is 2400. The molecule has 2 aromatic heterocycles. The van der Waals surface area contributed by atoms with Crippen molar-refractivity contribution >= 4 is 49.3 Å². The number of aromatic nitrogens is 2. The number of benzene rings is 6. The van der Waals surface area contributed by atoms with Crippen molar-refractivity contribution in [3.05, 3.63) is 150 Å². The van der Waals surface area contributed by atoms with Crippen molar-refractivity contribution in [2.24, 2.45) is 0 Å². The van der Waals surface area contributed by atoms with E-state index >= 15 is 0 Å². The summed E-state index contributed by atoms with van der Waals surface area (Å²) in [4.78, 5) is 3.77.